The third-order valence-electron chi connectivity index (χ3n) is 4.98. The number of imidazole rings is 1. The topological polar surface area (TPSA) is 29.3 Å². The van der Waals surface area contributed by atoms with E-state index in [9.17, 15) is 0 Å². The first-order valence-corrected chi connectivity index (χ1v) is 8.76. The van der Waals surface area contributed by atoms with E-state index in [1.54, 1.807) is 11.3 Å². The standard InChI is InChI=1S/C16H25N3S/c1-3-12-4-6-13(7-5-12)15(17-2)10-14-11-19-8-9-20-16(19)18-14/h8-9,11-13,15,17H,3-7,10H2,1-2H3. The van der Waals surface area contributed by atoms with Crippen LogP contribution in [-0.4, -0.2) is 22.5 Å². The number of nitrogens with one attached hydrogen (secondary N) is 1. The Morgan fingerprint density at radius 1 is 1.40 bits per heavy atom. The van der Waals surface area contributed by atoms with Gasteiger partial charge in [0.05, 0.1) is 5.69 Å². The number of thiazole rings is 1. The maximum Gasteiger partial charge on any atom is 0.193 e. The van der Waals surface area contributed by atoms with Crippen LogP contribution >= 0.6 is 11.3 Å². The molecule has 4 heteroatoms. The quantitative estimate of drug-likeness (QED) is 0.909. The molecule has 0 amide bonds. The van der Waals surface area contributed by atoms with Crippen molar-refractivity contribution in [3.63, 3.8) is 0 Å². The molecule has 2 heterocycles. The number of fused-ring (bicyclic) bond motifs is 1. The fourth-order valence-electron chi connectivity index (χ4n) is 3.60. The molecule has 1 unspecified atom stereocenters. The van der Waals surface area contributed by atoms with E-state index in [2.05, 4.69) is 41.5 Å². The van der Waals surface area contributed by atoms with Crippen molar-refractivity contribution in [3.8, 4) is 0 Å². The molecule has 3 nitrogen and oxygen atoms in total. The number of nitrogens with zero attached hydrogens (tertiary/aromatic N) is 2. The summed E-state index contributed by atoms with van der Waals surface area (Å²) >= 11 is 1.71. The van der Waals surface area contributed by atoms with E-state index in [0.717, 1.165) is 23.2 Å². The molecule has 0 aromatic carbocycles. The van der Waals surface area contributed by atoms with Crippen LogP contribution in [0.5, 0.6) is 0 Å². The van der Waals surface area contributed by atoms with Gasteiger partial charge in [-0.25, -0.2) is 4.98 Å². The van der Waals surface area contributed by atoms with Gasteiger partial charge in [-0.1, -0.05) is 26.2 Å². The van der Waals surface area contributed by atoms with Gasteiger partial charge in [0.15, 0.2) is 4.96 Å². The Hall–Kier alpha value is -0.870. The maximum absolute atomic E-state index is 4.73. The Morgan fingerprint density at radius 3 is 2.85 bits per heavy atom. The van der Waals surface area contributed by atoms with Crippen LogP contribution in [0.3, 0.4) is 0 Å². The van der Waals surface area contributed by atoms with Crippen molar-refractivity contribution in [2.45, 2.75) is 51.5 Å². The number of hydrogen-bond acceptors (Lipinski definition) is 3. The molecular weight excluding hydrogens is 266 g/mol. The molecule has 3 rings (SSSR count). The van der Waals surface area contributed by atoms with Crippen molar-refractivity contribution < 1.29 is 0 Å². The molecule has 1 atom stereocenters. The largest absolute Gasteiger partial charge is 0.316 e. The monoisotopic (exact) mass is 291 g/mol. The third kappa shape index (κ3) is 2.91. The van der Waals surface area contributed by atoms with Crippen LogP contribution in [0.15, 0.2) is 17.8 Å². The lowest BCUT2D eigenvalue weighted by Crippen LogP contribution is -2.37. The van der Waals surface area contributed by atoms with Gasteiger partial charge in [0, 0.05) is 30.2 Å². The molecule has 0 bridgehead atoms. The highest BCUT2D eigenvalue weighted by atomic mass is 32.1. The molecule has 1 aliphatic rings. The van der Waals surface area contributed by atoms with Crippen molar-refractivity contribution in [1.82, 2.24) is 14.7 Å². The van der Waals surface area contributed by atoms with Gasteiger partial charge < -0.3 is 5.32 Å². The SMILES string of the molecule is CCC1CCC(C(Cc2cn3ccsc3n2)NC)CC1. The lowest BCUT2D eigenvalue weighted by atomic mass is 9.76. The Labute approximate surface area is 125 Å². The number of likely N-dealkylation sites (N-methyl/N-ethyl adjacent to an activating group) is 1. The van der Waals surface area contributed by atoms with Crippen LogP contribution in [0, 0.1) is 11.8 Å². The van der Waals surface area contributed by atoms with Crippen molar-refractivity contribution in [3.05, 3.63) is 23.5 Å². The van der Waals surface area contributed by atoms with E-state index < -0.39 is 0 Å². The Bertz CT molecular complexity index is 508. The van der Waals surface area contributed by atoms with Crippen LogP contribution in [0.1, 0.15) is 44.7 Å². The lowest BCUT2D eigenvalue weighted by Gasteiger charge is -2.33. The highest BCUT2D eigenvalue weighted by molar-refractivity contribution is 7.15. The van der Waals surface area contributed by atoms with Gasteiger partial charge in [0.1, 0.15) is 0 Å². The van der Waals surface area contributed by atoms with E-state index in [4.69, 9.17) is 4.98 Å². The zero-order valence-corrected chi connectivity index (χ0v) is 13.3. The summed E-state index contributed by atoms with van der Waals surface area (Å²) in [4.78, 5) is 5.84. The fraction of sp³-hybridized carbons (Fsp3) is 0.688. The summed E-state index contributed by atoms with van der Waals surface area (Å²) in [6, 6.07) is 0.581. The van der Waals surface area contributed by atoms with Crippen molar-refractivity contribution >= 4 is 16.3 Å². The van der Waals surface area contributed by atoms with Crippen LogP contribution < -0.4 is 5.32 Å². The minimum Gasteiger partial charge on any atom is -0.316 e. The summed E-state index contributed by atoms with van der Waals surface area (Å²) in [7, 11) is 2.11. The van der Waals surface area contributed by atoms with Gasteiger partial charge in [-0.05, 0) is 31.7 Å². The normalized spacial score (nSPS) is 25.1. The molecule has 0 radical (unpaired) electrons. The second-order valence-electron chi connectivity index (χ2n) is 6.11. The smallest absolute Gasteiger partial charge is 0.193 e. The van der Waals surface area contributed by atoms with E-state index >= 15 is 0 Å². The lowest BCUT2D eigenvalue weighted by molar-refractivity contribution is 0.221. The molecule has 1 N–H and O–H groups in total. The first-order valence-electron chi connectivity index (χ1n) is 7.88. The highest BCUT2D eigenvalue weighted by Gasteiger charge is 2.26. The predicted octanol–water partition coefficient (Wildman–Crippen LogP) is 3.74. The van der Waals surface area contributed by atoms with Crippen LogP contribution in [0.4, 0.5) is 0 Å². The highest BCUT2D eigenvalue weighted by Crippen LogP contribution is 2.33. The number of rotatable bonds is 5. The summed E-state index contributed by atoms with van der Waals surface area (Å²) in [6.45, 7) is 2.33. The van der Waals surface area contributed by atoms with Crippen LogP contribution in [0.2, 0.25) is 0 Å². The first kappa shape index (κ1) is 14.1. The van der Waals surface area contributed by atoms with E-state index in [1.807, 2.05) is 0 Å². The summed E-state index contributed by atoms with van der Waals surface area (Å²) in [5.74, 6) is 1.80. The summed E-state index contributed by atoms with van der Waals surface area (Å²) in [5, 5.41) is 5.63. The molecule has 20 heavy (non-hydrogen) atoms. The van der Waals surface area contributed by atoms with Crippen LogP contribution in [-0.2, 0) is 6.42 Å². The van der Waals surface area contributed by atoms with Gasteiger partial charge in [-0.3, -0.25) is 4.40 Å². The molecule has 110 valence electrons. The maximum atomic E-state index is 4.73. The molecule has 2 aromatic heterocycles. The number of hydrogen-bond donors (Lipinski definition) is 1. The molecule has 1 fully saturated rings. The minimum absolute atomic E-state index is 0.581. The van der Waals surface area contributed by atoms with Crippen molar-refractivity contribution in [2.75, 3.05) is 7.05 Å². The summed E-state index contributed by atoms with van der Waals surface area (Å²) in [6.07, 6.45) is 12.3. The fourth-order valence-corrected chi connectivity index (χ4v) is 4.32. The Morgan fingerprint density at radius 2 is 2.20 bits per heavy atom. The predicted molar refractivity (Wildman–Crippen MR) is 85.4 cm³/mol. The van der Waals surface area contributed by atoms with E-state index in [0.29, 0.717) is 6.04 Å². The molecule has 2 aromatic rings. The Balaban J connectivity index is 1.63. The van der Waals surface area contributed by atoms with Gasteiger partial charge in [-0.2, -0.15) is 0 Å². The van der Waals surface area contributed by atoms with Gasteiger partial charge in [-0.15, -0.1) is 11.3 Å². The molecule has 0 saturated heterocycles. The summed E-state index contributed by atoms with van der Waals surface area (Å²) < 4.78 is 2.14. The summed E-state index contributed by atoms with van der Waals surface area (Å²) in [5.41, 5.74) is 1.23. The molecule has 0 spiro atoms. The second-order valence-corrected chi connectivity index (χ2v) is 6.99. The van der Waals surface area contributed by atoms with Gasteiger partial charge >= 0.3 is 0 Å². The van der Waals surface area contributed by atoms with Crippen LogP contribution in [0.25, 0.3) is 4.96 Å². The molecule has 1 aliphatic carbocycles. The van der Waals surface area contributed by atoms with Crippen molar-refractivity contribution in [2.24, 2.45) is 11.8 Å². The van der Waals surface area contributed by atoms with E-state index in [1.165, 1.54) is 37.8 Å². The van der Waals surface area contributed by atoms with Gasteiger partial charge in [0.2, 0.25) is 0 Å². The minimum atomic E-state index is 0.581. The average Bonchev–Trinajstić information content (AvgIpc) is 3.06. The average molecular weight is 291 g/mol. The number of aromatic nitrogens is 2. The molecule has 1 saturated carbocycles. The molecule has 0 aliphatic heterocycles. The Kier molecular flexibility index (Phi) is 4.41. The van der Waals surface area contributed by atoms with Gasteiger partial charge in [0.25, 0.3) is 0 Å². The zero-order valence-electron chi connectivity index (χ0n) is 12.5. The zero-order chi connectivity index (χ0) is 13.9. The second kappa shape index (κ2) is 6.27. The third-order valence-corrected chi connectivity index (χ3v) is 5.75. The van der Waals surface area contributed by atoms with Crippen molar-refractivity contribution in [1.29, 1.82) is 0 Å². The molecular formula is C16H25N3S. The first-order chi connectivity index (χ1) is 9.80. The van der Waals surface area contributed by atoms with E-state index in [-0.39, 0.29) is 0 Å².